The van der Waals surface area contributed by atoms with Gasteiger partial charge in [-0.1, -0.05) is 61.0 Å². The molecule has 194 valence electrons. The first-order chi connectivity index (χ1) is 17.4. The van der Waals surface area contributed by atoms with Crippen molar-refractivity contribution in [2.24, 2.45) is 11.5 Å². The van der Waals surface area contributed by atoms with Crippen LogP contribution in [0.1, 0.15) is 61.6 Å². The molecule has 0 heterocycles. The summed E-state index contributed by atoms with van der Waals surface area (Å²) in [6, 6.07) is 17.7. The van der Waals surface area contributed by atoms with Crippen molar-refractivity contribution in [2.75, 3.05) is 6.54 Å². The first-order valence-corrected chi connectivity index (χ1v) is 12.8. The summed E-state index contributed by atoms with van der Waals surface area (Å²) in [4.78, 5) is 42.0. The van der Waals surface area contributed by atoms with E-state index >= 15 is 0 Å². The number of unbranched alkanes of at least 4 members (excludes halogenated alkanes) is 2. The van der Waals surface area contributed by atoms with Gasteiger partial charge in [-0.25, -0.2) is 4.79 Å². The smallest absolute Gasteiger partial charge is 0.339 e. The molecule has 1 aliphatic carbocycles. The molecule has 2 aromatic carbocycles. The molecule has 1 saturated carbocycles. The van der Waals surface area contributed by atoms with Gasteiger partial charge in [0.25, 0.3) is 5.91 Å². The number of carbonyl (C=O) groups is 3. The molecule has 0 radical (unpaired) electrons. The van der Waals surface area contributed by atoms with Gasteiger partial charge in [0.05, 0.1) is 12.5 Å². The maximum Gasteiger partial charge on any atom is 0.357 e. The average molecular weight is 495 g/mol. The predicted octanol–water partition coefficient (Wildman–Crippen LogP) is 2.47. The largest absolute Gasteiger partial charge is 0.357 e. The summed E-state index contributed by atoms with van der Waals surface area (Å²) >= 11 is 0. The van der Waals surface area contributed by atoms with Crippen molar-refractivity contribution >= 4 is 17.8 Å². The Morgan fingerprint density at radius 1 is 0.861 bits per heavy atom. The third-order valence-electron chi connectivity index (χ3n) is 6.48. The predicted molar refractivity (Wildman–Crippen MR) is 138 cm³/mol. The van der Waals surface area contributed by atoms with E-state index in [9.17, 15) is 14.4 Å². The maximum atomic E-state index is 12.5. The maximum absolute atomic E-state index is 12.5. The van der Waals surface area contributed by atoms with Crippen molar-refractivity contribution in [1.82, 2.24) is 10.8 Å². The average Bonchev–Trinajstić information content (AvgIpc) is 3.67. The molecule has 0 spiro atoms. The zero-order chi connectivity index (χ0) is 25.8. The Balaban J connectivity index is 1.34. The van der Waals surface area contributed by atoms with Crippen LogP contribution in [0.15, 0.2) is 54.6 Å². The first kappa shape index (κ1) is 27.4. The van der Waals surface area contributed by atoms with E-state index in [-0.39, 0.29) is 6.42 Å². The van der Waals surface area contributed by atoms with Crippen LogP contribution >= 0.6 is 0 Å². The first-order valence-electron chi connectivity index (χ1n) is 12.8. The minimum absolute atomic E-state index is 0.0902. The van der Waals surface area contributed by atoms with Gasteiger partial charge in [-0.15, -0.1) is 0 Å². The highest BCUT2D eigenvalue weighted by molar-refractivity contribution is 5.93. The number of hydrogen-bond acceptors (Lipinski definition) is 6. The number of rotatable bonds is 14. The number of benzene rings is 2. The van der Waals surface area contributed by atoms with Gasteiger partial charge in [-0.3, -0.25) is 9.59 Å². The van der Waals surface area contributed by atoms with Gasteiger partial charge < -0.3 is 21.6 Å². The van der Waals surface area contributed by atoms with Crippen LogP contribution in [0.2, 0.25) is 0 Å². The van der Waals surface area contributed by atoms with Gasteiger partial charge in [0.1, 0.15) is 5.54 Å². The van der Waals surface area contributed by atoms with E-state index < -0.39 is 29.4 Å². The lowest BCUT2D eigenvalue weighted by molar-refractivity contribution is -0.162. The van der Waals surface area contributed by atoms with Crippen molar-refractivity contribution in [1.29, 1.82) is 0 Å². The Morgan fingerprint density at radius 2 is 1.47 bits per heavy atom. The molecule has 1 aliphatic rings. The van der Waals surface area contributed by atoms with Crippen LogP contribution in [0.5, 0.6) is 0 Å². The second-order valence-corrected chi connectivity index (χ2v) is 9.56. The molecule has 0 aromatic heterocycles. The Bertz CT molecular complexity index is 990. The van der Waals surface area contributed by atoms with Gasteiger partial charge >= 0.3 is 5.97 Å². The van der Waals surface area contributed by atoms with Crippen LogP contribution < -0.4 is 22.3 Å². The number of nitrogens with two attached hydrogens (primary N) is 2. The summed E-state index contributed by atoms with van der Waals surface area (Å²) in [6.07, 6.45) is 7.32. The Hall–Kier alpha value is -3.23. The number of hydrogen-bond donors (Lipinski definition) is 4. The summed E-state index contributed by atoms with van der Waals surface area (Å²) in [5, 5.41) is 2.68. The van der Waals surface area contributed by atoms with Crippen molar-refractivity contribution in [2.45, 2.75) is 75.8 Å². The minimum Gasteiger partial charge on any atom is -0.339 e. The number of aryl methyl sites for hydroxylation is 2. The van der Waals surface area contributed by atoms with Crippen molar-refractivity contribution in [3.63, 3.8) is 0 Å². The standard InChI is InChI=1S/C28H38N4O4/c29-19-7-6-12-24(30)26(34)31-28(17-18-28)27(35)36-32-25(33)20-23-15-13-22(14-16-23)11-5-4-10-21-8-2-1-3-9-21/h1-3,8-9,13-16,24H,4-7,10-12,17-20,29-30H2,(H,31,34)(H,32,33)/t24-/m0/s1. The molecule has 1 atom stereocenters. The van der Waals surface area contributed by atoms with Crippen molar-refractivity contribution < 1.29 is 19.2 Å². The van der Waals surface area contributed by atoms with Crippen LogP contribution in [0, 0.1) is 0 Å². The summed E-state index contributed by atoms with van der Waals surface area (Å²) in [7, 11) is 0. The highest BCUT2D eigenvalue weighted by Gasteiger charge is 2.53. The van der Waals surface area contributed by atoms with Crippen LogP contribution in [-0.4, -0.2) is 35.9 Å². The van der Waals surface area contributed by atoms with Crippen LogP contribution in [0.4, 0.5) is 0 Å². The summed E-state index contributed by atoms with van der Waals surface area (Å²) in [6.45, 7) is 0.545. The quantitative estimate of drug-likeness (QED) is 0.235. The molecule has 0 bridgehead atoms. The lowest BCUT2D eigenvalue weighted by atomic mass is 10.0. The minimum atomic E-state index is -1.10. The molecule has 2 aromatic rings. The lowest BCUT2D eigenvalue weighted by Crippen LogP contribution is -2.51. The highest BCUT2D eigenvalue weighted by Crippen LogP contribution is 2.36. The molecule has 8 nitrogen and oxygen atoms in total. The molecule has 0 aliphatic heterocycles. The summed E-state index contributed by atoms with van der Waals surface area (Å²) < 4.78 is 0. The highest BCUT2D eigenvalue weighted by atomic mass is 16.7. The van der Waals surface area contributed by atoms with Gasteiger partial charge in [0.15, 0.2) is 0 Å². The zero-order valence-electron chi connectivity index (χ0n) is 20.8. The monoisotopic (exact) mass is 494 g/mol. The number of carbonyl (C=O) groups excluding carboxylic acids is 3. The topological polar surface area (TPSA) is 137 Å². The summed E-state index contributed by atoms with van der Waals surface area (Å²) in [5.41, 5.74) is 15.9. The third-order valence-corrected chi connectivity index (χ3v) is 6.48. The fourth-order valence-electron chi connectivity index (χ4n) is 4.02. The molecule has 8 heteroatoms. The SMILES string of the molecule is NCCCC[C@H](N)C(=O)NC1(C(=O)ONC(=O)Cc2ccc(CCCCc3ccccc3)cc2)CC1. The zero-order valence-corrected chi connectivity index (χ0v) is 20.8. The van der Waals surface area contributed by atoms with E-state index in [1.165, 1.54) is 11.1 Å². The molecule has 3 rings (SSSR count). The molecular formula is C28H38N4O4. The fraction of sp³-hybridized carbons (Fsp3) is 0.464. The summed E-state index contributed by atoms with van der Waals surface area (Å²) in [5.74, 6) is -1.50. The van der Waals surface area contributed by atoms with Gasteiger partial charge in [-0.2, -0.15) is 5.48 Å². The van der Waals surface area contributed by atoms with Crippen LogP contribution in [0.25, 0.3) is 0 Å². The van der Waals surface area contributed by atoms with Gasteiger partial charge in [0.2, 0.25) is 5.91 Å². The second-order valence-electron chi connectivity index (χ2n) is 9.56. The van der Waals surface area contributed by atoms with Crippen molar-refractivity contribution in [3.8, 4) is 0 Å². The van der Waals surface area contributed by atoms with Crippen LogP contribution in [0.3, 0.4) is 0 Å². The van der Waals surface area contributed by atoms with Crippen molar-refractivity contribution in [3.05, 3.63) is 71.3 Å². The fourth-order valence-corrected chi connectivity index (χ4v) is 4.02. The Morgan fingerprint density at radius 3 is 2.08 bits per heavy atom. The van der Waals surface area contributed by atoms with E-state index in [4.69, 9.17) is 16.3 Å². The molecule has 0 unspecified atom stereocenters. The van der Waals surface area contributed by atoms with E-state index in [0.717, 1.165) is 44.1 Å². The molecule has 36 heavy (non-hydrogen) atoms. The van der Waals surface area contributed by atoms with E-state index in [0.29, 0.717) is 25.8 Å². The number of hydroxylamine groups is 1. The normalized spacial score (nSPS) is 14.5. The Kier molecular flexibility index (Phi) is 10.5. The lowest BCUT2D eigenvalue weighted by Gasteiger charge is -2.19. The number of amides is 2. The molecular weight excluding hydrogens is 456 g/mol. The van der Waals surface area contributed by atoms with E-state index in [2.05, 4.69) is 35.1 Å². The molecule has 0 saturated heterocycles. The Labute approximate surface area is 213 Å². The molecule has 2 amide bonds. The second kappa shape index (κ2) is 13.8. The number of nitrogens with one attached hydrogen (secondary N) is 2. The van der Waals surface area contributed by atoms with Gasteiger partial charge in [0, 0.05) is 0 Å². The van der Waals surface area contributed by atoms with Crippen LogP contribution in [-0.2, 0) is 38.5 Å². The van der Waals surface area contributed by atoms with E-state index in [1.807, 2.05) is 30.3 Å². The van der Waals surface area contributed by atoms with Gasteiger partial charge in [-0.05, 0) is 74.6 Å². The van der Waals surface area contributed by atoms with E-state index in [1.54, 1.807) is 0 Å². The molecule has 1 fully saturated rings. The third kappa shape index (κ3) is 8.77. The molecule has 6 N–H and O–H groups in total.